The maximum absolute atomic E-state index is 12.6. The SMILES string of the molecule is O=C(NC1CCCCC1)N1CCN(C(=O)c2ccc(C(F)(F)F)cc2)CC1. The Hall–Kier alpha value is -2.25. The number of hydrogen-bond donors (Lipinski definition) is 1. The number of benzene rings is 1. The third-order valence-corrected chi connectivity index (χ3v) is 5.25. The van der Waals surface area contributed by atoms with E-state index in [2.05, 4.69) is 5.32 Å². The lowest BCUT2D eigenvalue weighted by Gasteiger charge is -2.36. The standard InChI is InChI=1S/C19H24F3N3O2/c20-19(21,22)15-8-6-14(7-9-15)17(26)24-10-12-25(13-11-24)18(27)23-16-4-2-1-3-5-16/h6-9,16H,1-5,10-13H2,(H,23,27). The number of carbonyl (C=O) groups excluding carboxylic acids is 2. The molecule has 0 aromatic heterocycles. The van der Waals surface area contributed by atoms with Crippen molar-refractivity contribution in [2.75, 3.05) is 26.2 Å². The molecule has 3 amide bonds. The zero-order valence-corrected chi connectivity index (χ0v) is 15.1. The van der Waals surface area contributed by atoms with Gasteiger partial charge in [-0.15, -0.1) is 0 Å². The number of nitrogens with zero attached hydrogens (tertiary/aromatic N) is 2. The monoisotopic (exact) mass is 383 g/mol. The Kier molecular flexibility index (Phi) is 5.92. The van der Waals surface area contributed by atoms with Gasteiger partial charge in [0.05, 0.1) is 5.56 Å². The lowest BCUT2D eigenvalue weighted by atomic mass is 9.96. The lowest BCUT2D eigenvalue weighted by molar-refractivity contribution is -0.137. The first-order chi connectivity index (χ1) is 12.8. The number of carbonyl (C=O) groups is 2. The number of urea groups is 1. The third kappa shape index (κ3) is 4.93. The van der Waals surface area contributed by atoms with E-state index < -0.39 is 11.7 Å². The van der Waals surface area contributed by atoms with Crippen LogP contribution in [0.3, 0.4) is 0 Å². The molecule has 1 aromatic rings. The van der Waals surface area contributed by atoms with E-state index in [9.17, 15) is 22.8 Å². The first-order valence-corrected chi connectivity index (χ1v) is 9.36. The second-order valence-corrected chi connectivity index (χ2v) is 7.14. The number of halogens is 3. The van der Waals surface area contributed by atoms with Gasteiger partial charge in [-0.3, -0.25) is 4.79 Å². The van der Waals surface area contributed by atoms with E-state index in [1.54, 1.807) is 9.80 Å². The van der Waals surface area contributed by atoms with Gasteiger partial charge in [-0.1, -0.05) is 19.3 Å². The molecule has 1 aliphatic carbocycles. The van der Waals surface area contributed by atoms with Crippen LogP contribution in [0.2, 0.25) is 0 Å². The van der Waals surface area contributed by atoms with Crippen molar-refractivity contribution in [1.82, 2.24) is 15.1 Å². The van der Waals surface area contributed by atoms with Gasteiger partial charge < -0.3 is 15.1 Å². The second kappa shape index (κ2) is 8.19. The maximum atomic E-state index is 12.6. The van der Waals surface area contributed by atoms with Crippen LogP contribution in [-0.4, -0.2) is 54.0 Å². The van der Waals surface area contributed by atoms with E-state index in [1.807, 2.05) is 0 Å². The van der Waals surface area contributed by atoms with Crippen LogP contribution in [-0.2, 0) is 6.18 Å². The molecular weight excluding hydrogens is 359 g/mol. The number of nitrogens with one attached hydrogen (secondary N) is 1. The Balaban J connectivity index is 1.50. The van der Waals surface area contributed by atoms with Gasteiger partial charge in [0.2, 0.25) is 0 Å². The summed E-state index contributed by atoms with van der Waals surface area (Å²) in [6, 6.07) is 4.38. The molecule has 0 atom stereocenters. The summed E-state index contributed by atoms with van der Waals surface area (Å²) in [7, 11) is 0. The molecule has 1 saturated heterocycles. The predicted octanol–water partition coefficient (Wildman–Crippen LogP) is 3.51. The molecule has 0 unspecified atom stereocenters. The Morgan fingerprint density at radius 2 is 1.44 bits per heavy atom. The highest BCUT2D eigenvalue weighted by Gasteiger charge is 2.31. The topological polar surface area (TPSA) is 52.7 Å². The van der Waals surface area contributed by atoms with Crippen LogP contribution in [0, 0.1) is 0 Å². The molecule has 1 heterocycles. The molecule has 2 aliphatic rings. The van der Waals surface area contributed by atoms with E-state index in [0.29, 0.717) is 26.2 Å². The highest BCUT2D eigenvalue weighted by atomic mass is 19.4. The fraction of sp³-hybridized carbons (Fsp3) is 0.579. The van der Waals surface area contributed by atoms with Gasteiger partial charge >= 0.3 is 12.2 Å². The fourth-order valence-corrected chi connectivity index (χ4v) is 3.61. The minimum absolute atomic E-state index is 0.0940. The van der Waals surface area contributed by atoms with Crippen molar-refractivity contribution in [2.24, 2.45) is 0 Å². The van der Waals surface area contributed by atoms with Crippen molar-refractivity contribution >= 4 is 11.9 Å². The number of alkyl halides is 3. The van der Waals surface area contributed by atoms with Crippen LogP contribution in [0.1, 0.15) is 48.0 Å². The van der Waals surface area contributed by atoms with Crippen molar-refractivity contribution in [3.05, 3.63) is 35.4 Å². The molecule has 8 heteroatoms. The number of amides is 3. The smallest absolute Gasteiger partial charge is 0.335 e. The summed E-state index contributed by atoms with van der Waals surface area (Å²) in [5.74, 6) is -0.309. The largest absolute Gasteiger partial charge is 0.416 e. The average Bonchev–Trinajstić information content (AvgIpc) is 2.68. The summed E-state index contributed by atoms with van der Waals surface area (Å²) in [6.07, 6.45) is 1.10. The van der Waals surface area contributed by atoms with E-state index >= 15 is 0 Å². The predicted molar refractivity (Wildman–Crippen MR) is 94.3 cm³/mol. The van der Waals surface area contributed by atoms with Gasteiger partial charge in [0.15, 0.2) is 0 Å². The molecule has 1 saturated carbocycles. The summed E-state index contributed by atoms with van der Waals surface area (Å²) in [6.45, 7) is 1.59. The second-order valence-electron chi connectivity index (χ2n) is 7.14. The Bertz CT molecular complexity index is 662. The normalized spacial score (nSPS) is 19.1. The van der Waals surface area contributed by atoms with Crippen molar-refractivity contribution in [1.29, 1.82) is 0 Å². The summed E-state index contributed by atoms with van der Waals surface area (Å²) in [4.78, 5) is 28.1. The van der Waals surface area contributed by atoms with Crippen molar-refractivity contribution < 1.29 is 22.8 Å². The quantitative estimate of drug-likeness (QED) is 0.850. The fourth-order valence-electron chi connectivity index (χ4n) is 3.61. The van der Waals surface area contributed by atoms with Gasteiger partial charge in [0.25, 0.3) is 5.91 Å². The van der Waals surface area contributed by atoms with Crippen molar-refractivity contribution in [3.8, 4) is 0 Å². The molecule has 3 rings (SSSR count). The zero-order chi connectivity index (χ0) is 19.4. The Morgan fingerprint density at radius 1 is 0.889 bits per heavy atom. The van der Waals surface area contributed by atoms with Gasteiger partial charge in [-0.25, -0.2) is 4.79 Å². The molecule has 5 nitrogen and oxygen atoms in total. The Morgan fingerprint density at radius 3 is 2.00 bits per heavy atom. The van der Waals surface area contributed by atoms with E-state index in [-0.39, 0.29) is 23.5 Å². The Labute approximate surface area is 156 Å². The van der Waals surface area contributed by atoms with Crippen LogP contribution in [0.15, 0.2) is 24.3 Å². The van der Waals surface area contributed by atoms with Crippen molar-refractivity contribution in [3.63, 3.8) is 0 Å². The molecule has 27 heavy (non-hydrogen) atoms. The minimum atomic E-state index is -4.42. The first kappa shape index (κ1) is 19.5. The molecule has 1 aliphatic heterocycles. The van der Waals surface area contributed by atoms with E-state index in [1.165, 1.54) is 18.6 Å². The third-order valence-electron chi connectivity index (χ3n) is 5.25. The van der Waals surface area contributed by atoms with Crippen LogP contribution >= 0.6 is 0 Å². The molecule has 0 radical (unpaired) electrons. The lowest BCUT2D eigenvalue weighted by Crippen LogP contribution is -2.54. The summed E-state index contributed by atoms with van der Waals surface area (Å²) >= 11 is 0. The number of rotatable bonds is 2. The summed E-state index contributed by atoms with van der Waals surface area (Å²) in [5.41, 5.74) is -0.550. The maximum Gasteiger partial charge on any atom is 0.416 e. The average molecular weight is 383 g/mol. The minimum Gasteiger partial charge on any atom is -0.335 e. The highest BCUT2D eigenvalue weighted by Crippen LogP contribution is 2.29. The summed E-state index contributed by atoms with van der Waals surface area (Å²) in [5, 5.41) is 3.06. The molecular formula is C19H24F3N3O2. The highest BCUT2D eigenvalue weighted by molar-refractivity contribution is 5.94. The van der Waals surface area contributed by atoms with Crippen LogP contribution < -0.4 is 5.32 Å². The molecule has 0 spiro atoms. The molecule has 148 valence electrons. The molecule has 2 fully saturated rings. The van der Waals surface area contributed by atoms with Gasteiger partial charge in [0, 0.05) is 37.8 Å². The molecule has 1 N–H and O–H groups in total. The zero-order valence-electron chi connectivity index (χ0n) is 15.1. The summed E-state index contributed by atoms with van der Waals surface area (Å²) < 4.78 is 37.9. The van der Waals surface area contributed by atoms with Crippen LogP contribution in [0.4, 0.5) is 18.0 Å². The van der Waals surface area contributed by atoms with Crippen LogP contribution in [0.5, 0.6) is 0 Å². The van der Waals surface area contributed by atoms with Gasteiger partial charge in [-0.2, -0.15) is 13.2 Å². The number of hydrogen-bond acceptors (Lipinski definition) is 2. The first-order valence-electron chi connectivity index (χ1n) is 9.36. The van der Waals surface area contributed by atoms with Crippen molar-refractivity contribution in [2.45, 2.75) is 44.3 Å². The van der Waals surface area contributed by atoms with Crippen LogP contribution in [0.25, 0.3) is 0 Å². The van der Waals surface area contributed by atoms with Gasteiger partial charge in [-0.05, 0) is 37.1 Å². The van der Waals surface area contributed by atoms with Gasteiger partial charge in [0.1, 0.15) is 0 Å². The van der Waals surface area contributed by atoms with E-state index in [0.717, 1.165) is 37.8 Å². The number of piperazine rings is 1. The molecule has 0 bridgehead atoms. The molecule has 1 aromatic carbocycles. The van der Waals surface area contributed by atoms with E-state index in [4.69, 9.17) is 0 Å².